The zero-order valence-corrected chi connectivity index (χ0v) is 32.3. The van der Waals surface area contributed by atoms with E-state index in [2.05, 4.69) is 10.3 Å². The van der Waals surface area contributed by atoms with E-state index in [1.54, 1.807) is 22.7 Å². The Morgan fingerprint density at radius 2 is 1.67 bits per heavy atom. The number of aryl methyl sites for hydroxylation is 1. The third kappa shape index (κ3) is 6.72. The summed E-state index contributed by atoms with van der Waals surface area (Å²) in [7, 11) is -3.38. The number of anilines is 2. The Kier molecular flexibility index (Phi) is 9.82. The van der Waals surface area contributed by atoms with Gasteiger partial charge in [0.25, 0.3) is 5.91 Å². The van der Waals surface area contributed by atoms with E-state index in [0.29, 0.717) is 37.2 Å². The van der Waals surface area contributed by atoms with Crippen LogP contribution in [0.2, 0.25) is 18.6 Å². The summed E-state index contributed by atoms with van der Waals surface area (Å²) in [5, 5.41) is 25.1. The lowest BCUT2D eigenvalue weighted by molar-refractivity contribution is -0.146. The standard InChI is InChI=1S/C43H45FN6O4Si/c1-29-41(55(2,3)44)39(23-24-48-27-37(45-47-48)34(28-51)31-14-6-4-7-15-31)54-43(29)35-19-10-11-20-38(35)49(42(43)53)26-30-13-12-18-33(25-30)50-40(52)22-21-36(46-50)32-16-8-5-9-17-32/h4-20,25,27,29,34,39,41,51H,21-24,26,28H2,1-3H3/t29-,34?,39+,41-,43+/m0/s1. The topological polar surface area (TPSA) is 113 Å². The number of aliphatic hydroxyl groups is 1. The van der Waals surface area contributed by atoms with E-state index < -0.39 is 31.6 Å². The minimum atomic E-state index is -3.38. The van der Waals surface area contributed by atoms with Gasteiger partial charge in [0, 0.05) is 42.6 Å². The number of hydrogen-bond donors (Lipinski definition) is 1. The van der Waals surface area contributed by atoms with E-state index in [4.69, 9.17) is 9.84 Å². The lowest BCUT2D eigenvalue weighted by atomic mass is 9.82. The van der Waals surface area contributed by atoms with Crippen LogP contribution in [0.5, 0.6) is 0 Å². The van der Waals surface area contributed by atoms with Crippen LogP contribution in [0.3, 0.4) is 0 Å². The summed E-state index contributed by atoms with van der Waals surface area (Å²) in [6.45, 7) is 5.89. The zero-order valence-electron chi connectivity index (χ0n) is 31.3. The monoisotopic (exact) mass is 756 g/mol. The Morgan fingerprint density at radius 1 is 0.945 bits per heavy atom. The summed E-state index contributed by atoms with van der Waals surface area (Å²) in [6.07, 6.45) is 2.63. The maximum atomic E-state index is 16.5. The van der Waals surface area contributed by atoms with Gasteiger partial charge in [-0.2, -0.15) is 5.10 Å². The molecule has 4 heterocycles. The number of rotatable bonds is 11. The minimum absolute atomic E-state index is 0.0897. The molecule has 3 aliphatic rings. The first-order chi connectivity index (χ1) is 26.6. The molecule has 55 heavy (non-hydrogen) atoms. The SMILES string of the molecule is C[C@H]1[C@H]([Si](C)(C)F)[C@@H](CCn2cc(C(CO)c3ccccc3)nn2)O[C@]12C(=O)N(Cc1cccc(N3N=C(c4ccccc4)CCC3=O)c1)c1ccccc12. The molecule has 5 aromatic rings. The number of carbonyl (C=O) groups is 2. The molecule has 0 bridgehead atoms. The smallest absolute Gasteiger partial charge is 0.264 e. The van der Waals surface area contributed by atoms with Crippen LogP contribution < -0.4 is 9.91 Å². The van der Waals surface area contributed by atoms with E-state index in [1.165, 1.54) is 5.01 Å². The summed E-state index contributed by atoms with van der Waals surface area (Å²) in [6, 6.07) is 34.8. The number of carbonyl (C=O) groups excluding carboxylic acids is 2. The Bertz CT molecular complexity index is 2230. The molecule has 5 atom stereocenters. The van der Waals surface area contributed by atoms with Crippen molar-refractivity contribution in [2.75, 3.05) is 16.5 Å². The van der Waals surface area contributed by atoms with Crippen molar-refractivity contribution in [1.29, 1.82) is 0 Å². The number of aromatic nitrogens is 3. The third-order valence-corrected chi connectivity index (χ3v) is 13.9. The number of amides is 2. The third-order valence-electron chi connectivity index (χ3n) is 11.4. The summed E-state index contributed by atoms with van der Waals surface area (Å²) in [5.41, 5.74) is 4.52. The van der Waals surface area contributed by atoms with E-state index in [1.807, 2.05) is 122 Å². The second-order valence-electron chi connectivity index (χ2n) is 15.3. The van der Waals surface area contributed by atoms with Crippen molar-refractivity contribution >= 4 is 37.3 Å². The molecule has 1 N–H and O–H groups in total. The van der Waals surface area contributed by atoms with Crippen LogP contribution in [-0.4, -0.2) is 58.7 Å². The van der Waals surface area contributed by atoms with Crippen molar-refractivity contribution in [2.45, 2.75) is 75.5 Å². The number of aliphatic hydroxyl groups excluding tert-OH is 1. The summed E-state index contributed by atoms with van der Waals surface area (Å²) in [5.74, 6) is -1.06. The van der Waals surface area contributed by atoms with Crippen molar-refractivity contribution < 1.29 is 23.5 Å². The average Bonchev–Trinajstić information content (AvgIpc) is 3.85. The van der Waals surface area contributed by atoms with Gasteiger partial charge < -0.3 is 18.9 Å². The molecule has 4 aromatic carbocycles. The number of hydrogen-bond acceptors (Lipinski definition) is 7. The van der Waals surface area contributed by atoms with Crippen LogP contribution in [0.4, 0.5) is 15.5 Å². The zero-order chi connectivity index (χ0) is 38.3. The van der Waals surface area contributed by atoms with Crippen LogP contribution in [0.15, 0.2) is 120 Å². The summed E-state index contributed by atoms with van der Waals surface area (Å²) >= 11 is 0. The van der Waals surface area contributed by atoms with Gasteiger partial charge in [-0.3, -0.25) is 14.3 Å². The fraction of sp³-hybridized carbons (Fsp3) is 0.326. The second-order valence-corrected chi connectivity index (χ2v) is 19.1. The number of hydrazone groups is 1. The normalized spacial score (nSPS) is 23.0. The summed E-state index contributed by atoms with van der Waals surface area (Å²) < 4.78 is 25.1. The maximum Gasteiger partial charge on any atom is 0.264 e. The van der Waals surface area contributed by atoms with Gasteiger partial charge in [0.1, 0.15) is 0 Å². The molecule has 10 nitrogen and oxygen atoms in total. The van der Waals surface area contributed by atoms with Gasteiger partial charge in [0.2, 0.25) is 14.3 Å². The quantitative estimate of drug-likeness (QED) is 0.112. The highest BCUT2D eigenvalue weighted by Gasteiger charge is 2.66. The molecule has 282 valence electrons. The Balaban J connectivity index is 1.05. The highest BCUT2D eigenvalue weighted by molar-refractivity contribution is 6.72. The van der Waals surface area contributed by atoms with Crippen LogP contribution in [-0.2, 0) is 33.0 Å². The number of benzene rings is 4. The van der Waals surface area contributed by atoms with Crippen LogP contribution in [0.25, 0.3) is 0 Å². The first-order valence-electron chi connectivity index (χ1n) is 19.0. The molecule has 0 aliphatic carbocycles. The first-order valence-corrected chi connectivity index (χ1v) is 21.9. The lowest BCUT2D eigenvalue weighted by Gasteiger charge is -2.31. The van der Waals surface area contributed by atoms with E-state index in [9.17, 15) is 14.7 Å². The van der Waals surface area contributed by atoms with Crippen LogP contribution in [0.1, 0.15) is 60.1 Å². The van der Waals surface area contributed by atoms with Crippen LogP contribution >= 0.6 is 0 Å². The molecular weight excluding hydrogens is 712 g/mol. The largest absolute Gasteiger partial charge is 0.395 e. The van der Waals surface area contributed by atoms with Gasteiger partial charge in [-0.15, -0.1) is 5.10 Å². The van der Waals surface area contributed by atoms with Gasteiger partial charge in [-0.25, -0.2) is 5.01 Å². The van der Waals surface area contributed by atoms with Crippen molar-refractivity contribution in [3.05, 3.63) is 143 Å². The Morgan fingerprint density at radius 3 is 2.42 bits per heavy atom. The van der Waals surface area contributed by atoms with Gasteiger partial charge >= 0.3 is 0 Å². The Labute approximate surface area is 321 Å². The second kappa shape index (κ2) is 14.7. The Hall–Kier alpha value is -5.30. The van der Waals surface area contributed by atoms with Gasteiger partial charge in [-0.1, -0.05) is 103 Å². The molecule has 1 aromatic heterocycles. The number of para-hydroxylation sites is 1. The highest BCUT2D eigenvalue weighted by atomic mass is 28.4. The van der Waals surface area contributed by atoms with Gasteiger partial charge in [-0.05, 0) is 54.4 Å². The maximum absolute atomic E-state index is 16.5. The predicted octanol–water partition coefficient (Wildman–Crippen LogP) is 7.35. The van der Waals surface area contributed by atoms with Gasteiger partial charge in [0.05, 0.1) is 48.0 Å². The number of halogens is 1. The molecule has 2 amide bonds. The lowest BCUT2D eigenvalue weighted by Crippen LogP contribution is -2.45. The van der Waals surface area contributed by atoms with Crippen molar-refractivity contribution in [2.24, 2.45) is 11.0 Å². The van der Waals surface area contributed by atoms with Crippen molar-refractivity contribution in [3.8, 4) is 0 Å². The first kappa shape index (κ1) is 36.7. The molecular formula is C43H45FN6O4Si. The minimum Gasteiger partial charge on any atom is -0.395 e. The molecule has 1 spiro atoms. The van der Waals surface area contributed by atoms with E-state index >= 15 is 4.11 Å². The molecule has 1 saturated heterocycles. The van der Waals surface area contributed by atoms with Crippen molar-refractivity contribution in [3.63, 3.8) is 0 Å². The molecule has 3 aliphatic heterocycles. The molecule has 8 rings (SSSR count). The van der Waals surface area contributed by atoms with Crippen LogP contribution in [0, 0.1) is 5.92 Å². The number of fused-ring (bicyclic) bond motifs is 2. The van der Waals surface area contributed by atoms with Crippen molar-refractivity contribution in [1.82, 2.24) is 15.0 Å². The average molecular weight is 757 g/mol. The predicted molar refractivity (Wildman–Crippen MR) is 212 cm³/mol. The van der Waals surface area contributed by atoms with E-state index in [-0.39, 0.29) is 30.9 Å². The molecule has 12 heteroatoms. The summed E-state index contributed by atoms with van der Waals surface area (Å²) in [4.78, 5) is 29.8. The molecule has 0 saturated carbocycles. The molecule has 1 unspecified atom stereocenters. The number of nitrogens with zero attached hydrogens (tertiary/aromatic N) is 6. The van der Waals surface area contributed by atoms with E-state index in [0.717, 1.165) is 33.7 Å². The number of ether oxygens (including phenoxy) is 1. The fourth-order valence-electron chi connectivity index (χ4n) is 8.89. The fourth-order valence-corrected chi connectivity index (χ4v) is 11.4. The highest BCUT2D eigenvalue weighted by Crippen LogP contribution is 2.60. The van der Waals surface area contributed by atoms with Gasteiger partial charge in [0.15, 0.2) is 5.60 Å². The molecule has 1 fully saturated rings. The molecule has 0 radical (unpaired) electrons.